The van der Waals surface area contributed by atoms with Crippen molar-refractivity contribution in [2.75, 3.05) is 13.1 Å². The molecule has 1 aliphatic rings. The maximum absolute atomic E-state index is 13.4. The summed E-state index contributed by atoms with van der Waals surface area (Å²) in [5.41, 5.74) is 2.03. The van der Waals surface area contributed by atoms with Crippen LogP contribution in [-0.2, 0) is 19.6 Å². The van der Waals surface area contributed by atoms with Crippen LogP contribution >= 0.6 is 0 Å². The molecule has 200 valence electrons. The van der Waals surface area contributed by atoms with Crippen molar-refractivity contribution in [3.05, 3.63) is 71.8 Å². The van der Waals surface area contributed by atoms with E-state index in [-0.39, 0.29) is 11.4 Å². The highest BCUT2D eigenvalue weighted by Gasteiger charge is 2.32. The zero-order valence-corrected chi connectivity index (χ0v) is 22.7. The Labute approximate surface area is 221 Å². The molecule has 2 heterocycles. The smallest absolute Gasteiger partial charge is 0.254 e. The average Bonchev–Trinajstić information content (AvgIpc) is 3.62. The van der Waals surface area contributed by atoms with Gasteiger partial charge in [0.2, 0.25) is 0 Å². The van der Waals surface area contributed by atoms with Gasteiger partial charge in [-0.25, -0.2) is 9.97 Å². The minimum atomic E-state index is -0.0405. The molecule has 8 heteroatoms. The molecule has 0 atom stereocenters. The predicted molar refractivity (Wildman–Crippen MR) is 147 cm³/mol. The maximum atomic E-state index is 13.4. The topological polar surface area (TPSA) is 92.9 Å². The van der Waals surface area contributed by atoms with E-state index in [0.717, 1.165) is 24.2 Å². The molecule has 3 aromatic rings. The first-order chi connectivity index (χ1) is 18.0. The normalized spacial score (nSPS) is 19.8. The summed E-state index contributed by atoms with van der Waals surface area (Å²) in [7, 11) is 0. The second-order valence-corrected chi connectivity index (χ2v) is 10.6. The summed E-state index contributed by atoms with van der Waals surface area (Å²) in [6, 6.07) is 8.73. The van der Waals surface area contributed by atoms with Gasteiger partial charge in [-0.15, -0.1) is 0 Å². The summed E-state index contributed by atoms with van der Waals surface area (Å²) in [6.07, 6.45) is 14.3. The van der Waals surface area contributed by atoms with E-state index < -0.39 is 0 Å². The minimum absolute atomic E-state index is 0.0405. The number of aromatic nitrogens is 4. The minimum Gasteiger partial charge on any atom is -0.347 e. The molecule has 0 bridgehead atoms. The van der Waals surface area contributed by atoms with Gasteiger partial charge in [-0.05, 0) is 76.2 Å². The van der Waals surface area contributed by atoms with Gasteiger partial charge in [-0.2, -0.15) is 0 Å². The number of rotatable bonds is 13. The molecule has 1 aliphatic carbocycles. The fourth-order valence-electron chi connectivity index (χ4n) is 5.43. The van der Waals surface area contributed by atoms with E-state index in [2.05, 4.69) is 63.1 Å². The van der Waals surface area contributed by atoms with Crippen LogP contribution in [0.1, 0.15) is 86.9 Å². The first-order valence-corrected chi connectivity index (χ1v) is 13.8. The molecule has 8 nitrogen and oxygen atoms in total. The third kappa shape index (κ3) is 7.52. The van der Waals surface area contributed by atoms with Crippen LogP contribution in [0.4, 0.5) is 0 Å². The summed E-state index contributed by atoms with van der Waals surface area (Å²) >= 11 is 0. The number of nitrogens with one attached hydrogen (secondary N) is 3. The van der Waals surface area contributed by atoms with Crippen molar-refractivity contribution in [2.24, 2.45) is 0 Å². The number of nitrogens with zero attached hydrogens (tertiary/aromatic N) is 4. The molecule has 0 unspecified atom stereocenters. The van der Waals surface area contributed by atoms with Crippen molar-refractivity contribution in [1.82, 2.24) is 35.1 Å². The van der Waals surface area contributed by atoms with E-state index in [4.69, 9.17) is 0 Å². The fourth-order valence-corrected chi connectivity index (χ4v) is 5.43. The van der Waals surface area contributed by atoms with Crippen molar-refractivity contribution >= 4 is 5.91 Å². The number of benzene rings is 1. The highest BCUT2D eigenvalue weighted by Crippen LogP contribution is 2.31. The van der Waals surface area contributed by atoms with Crippen molar-refractivity contribution in [2.45, 2.75) is 90.5 Å². The van der Waals surface area contributed by atoms with Gasteiger partial charge in [0.25, 0.3) is 5.91 Å². The Morgan fingerprint density at radius 2 is 1.54 bits per heavy atom. The third-order valence-electron chi connectivity index (χ3n) is 7.60. The van der Waals surface area contributed by atoms with Crippen LogP contribution in [0.15, 0.2) is 49.1 Å². The summed E-state index contributed by atoms with van der Waals surface area (Å²) in [5.74, 6) is 1.45. The molecule has 1 fully saturated rings. The van der Waals surface area contributed by atoms with E-state index in [1.807, 2.05) is 12.1 Å². The fraction of sp³-hybridized carbons (Fsp3) is 0.552. The number of hydrogen-bond acceptors (Lipinski definition) is 5. The Bertz CT molecular complexity index is 1010. The van der Waals surface area contributed by atoms with Crippen molar-refractivity contribution in [1.29, 1.82) is 0 Å². The van der Waals surface area contributed by atoms with Crippen LogP contribution in [0.5, 0.6) is 0 Å². The van der Waals surface area contributed by atoms with Crippen LogP contribution in [-0.4, -0.2) is 60.3 Å². The molecule has 1 amide bonds. The van der Waals surface area contributed by atoms with Crippen LogP contribution in [0.3, 0.4) is 0 Å². The van der Waals surface area contributed by atoms with E-state index in [9.17, 15) is 4.79 Å². The Morgan fingerprint density at radius 1 is 0.973 bits per heavy atom. The number of carbonyl (C=O) groups is 1. The van der Waals surface area contributed by atoms with E-state index in [1.165, 1.54) is 57.2 Å². The maximum Gasteiger partial charge on any atom is 0.254 e. The lowest BCUT2D eigenvalue weighted by Crippen LogP contribution is -2.49. The predicted octanol–water partition coefficient (Wildman–Crippen LogP) is 4.89. The van der Waals surface area contributed by atoms with Gasteiger partial charge in [0.15, 0.2) is 0 Å². The number of H-pyrrole nitrogens is 2. The average molecular weight is 506 g/mol. The second-order valence-electron chi connectivity index (χ2n) is 10.6. The molecular weight excluding hydrogens is 462 g/mol. The molecule has 1 saturated carbocycles. The van der Waals surface area contributed by atoms with Crippen LogP contribution in [0.25, 0.3) is 0 Å². The van der Waals surface area contributed by atoms with E-state index >= 15 is 0 Å². The standard InChI is InChI=1S/C29H43N7O/c1-4-18-35(19-5-2)25-10-12-29(3,13-11-25)34-20-23-6-8-24(9-7-23)28(37)36(21-26-30-14-15-31-26)22-27-32-16-17-33-27/h6-9,14-17,25,34H,4-5,10-13,18-22H2,1-3H3,(H,30,31)(H,32,33)/t25-,29-. The summed E-state index contributed by atoms with van der Waals surface area (Å²) in [5, 5.41) is 3.83. The molecule has 2 aromatic heterocycles. The number of hydrogen-bond donors (Lipinski definition) is 3. The van der Waals surface area contributed by atoms with Gasteiger partial charge in [0.1, 0.15) is 11.6 Å². The van der Waals surface area contributed by atoms with Gasteiger partial charge in [0, 0.05) is 48.5 Å². The SMILES string of the molecule is CCCN(CCC)[C@H]1CC[C@](C)(NCc2ccc(C(=O)N(Cc3ncc[nH]3)Cc3ncc[nH]3)cc2)CC1. The quantitative estimate of drug-likeness (QED) is 0.308. The summed E-state index contributed by atoms with van der Waals surface area (Å²) < 4.78 is 0. The van der Waals surface area contributed by atoms with Gasteiger partial charge in [0.05, 0.1) is 13.1 Å². The molecule has 37 heavy (non-hydrogen) atoms. The molecule has 4 rings (SSSR count). The number of carbonyl (C=O) groups excluding carboxylic acids is 1. The van der Waals surface area contributed by atoms with Gasteiger partial charge in [-0.1, -0.05) is 26.0 Å². The Morgan fingerprint density at radius 3 is 2.03 bits per heavy atom. The Balaban J connectivity index is 1.32. The first-order valence-electron chi connectivity index (χ1n) is 13.8. The Kier molecular flexibility index (Phi) is 9.52. The Hall–Kier alpha value is -2.97. The molecule has 0 saturated heterocycles. The lowest BCUT2D eigenvalue weighted by molar-refractivity contribution is 0.0721. The highest BCUT2D eigenvalue weighted by molar-refractivity contribution is 5.94. The van der Waals surface area contributed by atoms with Crippen molar-refractivity contribution in [3.63, 3.8) is 0 Å². The monoisotopic (exact) mass is 505 g/mol. The zero-order valence-electron chi connectivity index (χ0n) is 22.7. The zero-order chi connectivity index (χ0) is 26.1. The van der Waals surface area contributed by atoms with Gasteiger partial charge >= 0.3 is 0 Å². The number of aromatic amines is 2. The first kappa shape index (κ1) is 27.1. The largest absolute Gasteiger partial charge is 0.347 e. The van der Waals surface area contributed by atoms with Crippen LogP contribution in [0, 0.1) is 0 Å². The van der Waals surface area contributed by atoms with Crippen LogP contribution < -0.4 is 5.32 Å². The van der Waals surface area contributed by atoms with Crippen molar-refractivity contribution in [3.8, 4) is 0 Å². The second kappa shape index (κ2) is 13.0. The lowest BCUT2D eigenvalue weighted by atomic mass is 9.80. The summed E-state index contributed by atoms with van der Waals surface area (Å²) in [6.45, 7) is 11.0. The molecule has 3 N–H and O–H groups in total. The van der Waals surface area contributed by atoms with Gasteiger partial charge < -0.3 is 25.1 Å². The van der Waals surface area contributed by atoms with Crippen molar-refractivity contribution < 1.29 is 4.79 Å². The molecule has 0 radical (unpaired) electrons. The molecule has 0 aliphatic heterocycles. The molecule has 0 spiro atoms. The third-order valence-corrected chi connectivity index (χ3v) is 7.60. The molecular formula is C29H43N7O. The van der Waals surface area contributed by atoms with Gasteiger partial charge in [-0.3, -0.25) is 4.79 Å². The van der Waals surface area contributed by atoms with E-state index in [0.29, 0.717) is 18.7 Å². The van der Waals surface area contributed by atoms with E-state index in [1.54, 1.807) is 29.7 Å². The number of amides is 1. The lowest BCUT2D eigenvalue weighted by Gasteiger charge is -2.42. The number of imidazole rings is 2. The summed E-state index contributed by atoms with van der Waals surface area (Å²) in [4.78, 5) is 32.6. The highest BCUT2D eigenvalue weighted by atomic mass is 16.2. The molecule has 1 aromatic carbocycles. The van der Waals surface area contributed by atoms with Crippen LogP contribution in [0.2, 0.25) is 0 Å².